The number of carbonyl (C=O) groups excluding carboxylic acids is 1. The number of pyridine rings is 1. The Labute approximate surface area is 180 Å². The maximum atomic E-state index is 12.7. The van der Waals surface area contributed by atoms with Crippen LogP contribution in [0.4, 0.5) is 10.9 Å². The van der Waals surface area contributed by atoms with Crippen molar-refractivity contribution in [3.63, 3.8) is 0 Å². The summed E-state index contributed by atoms with van der Waals surface area (Å²) < 4.78 is 0. The zero-order valence-corrected chi connectivity index (χ0v) is 17.6. The lowest BCUT2D eigenvalue weighted by Crippen LogP contribution is -2.49. The standard InChI is InChI=1S/C23H25N5OS/c29-22(17-20-18-30-23(25-20)26-21-10-4-5-11-24-21)28-15-13-27(14-16-28)12-6-9-19-7-2-1-3-8-19/h1-11,18H,12-17H2,(H,24,25,26)/b9-6+. The summed E-state index contributed by atoms with van der Waals surface area (Å²) in [5.74, 6) is 0.895. The first-order chi connectivity index (χ1) is 14.8. The molecule has 1 aliphatic heterocycles. The molecule has 0 unspecified atom stereocenters. The van der Waals surface area contributed by atoms with E-state index < -0.39 is 0 Å². The molecule has 1 aromatic carbocycles. The maximum absolute atomic E-state index is 12.7. The van der Waals surface area contributed by atoms with Crippen molar-refractivity contribution in [2.75, 3.05) is 38.0 Å². The van der Waals surface area contributed by atoms with Gasteiger partial charge in [0.15, 0.2) is 5.13 Å². The van der Waals surface area contributed by atoms with E-state index in [4.69, 9.17) is 0 Å². The highest BCUT2D eigenvalue weighted by atomic mass is 32.1. The lowest BCUT2D eigenvalue weighted by molar-refractivity contribution is -0.132. The van der Waals surface area contributed by atoms with Gasteiger partial charge in [-0.3, -0.25) is 9.69 Å². The van der Waals surface area contributed by atoms with E-state index in [0.29, 0.717) is 6.42 Å². The van der Waals surface area contributed by atoms with Crippen LogP contribution in [0.5, 0.6) is 0 Å². The third-order valence-electron chi connectivity index (χ3n) is 4.98. The zero-order valence-electron chi connectivity index (χ0n) is 16.8. The zero-order chi connectivity index (χ0) is 20.6. The number of piperazine rings is 1. The van der Waals surface area contributed by atoms with E-state index in [9.17, 15) is 4.79 Å². The van der Waals surface area contributed by atoms with Gasteiger partial charge in [0.2, 0.25) is 5.91 Å². The topological polar surface area (TPSA) is 61.4 Å². The minimum atomic E-state index is 0.143. The smallest absolute Gasteiger partial charge is 0.228 e. The summed E-state index contributed by atoms with van der Waals surface area (Å²) in [7, 11) is 0. The second-order valence-electron chi connectivity index (χ2n) is 7.16. The third-order valence-corrected chi connectivity index (χ3v) is 5.79. The highest BCUT2D eigenvalue weighted by Crippen LogP contribution is 2.20. The lowest BCUT2D eigenvalue weighted by atomic mass is 10.2. The van der Waals surface area contributed by atoms with Gasteiger partial charge in [0.05, 0.1) is 12.1 Å². The number of carbonyl (C=O) groups is 1. The average molecular weight is 420 g/mol. The number of rotatable bonds is 7. The summed E-state index contributed by atoms with van der Waals surface area (Å²) in [5, 5.41) is 5.87. The van der Waals surface area contributed by atoms with Crippen LogP contribution in [0.3, 0.4) is 0 Å². The molecule has 3 heterocycles. The van der Waals surface area contributed by atoms with Crippen molar-refractivity contribution in [2.45, 2.75) is 6.42 Å². The van der Waals surface area contributed by atoms with Crippen LogP contribution in [-0.4, -0.2) is 58.4 Å². The predicted molar refractivity (Wildman–Crippen MR) is 122 cm³/mol. The molecule has 1 saturated heterocycles. The minimum absolute atomic E-state index is 0.143. The van der Waals surface area contributed by atoms with Crippen LogP contribution < -0.4 is 5.32 Å². The van der Waals surface area contributed by atoms with E-state index >= 15 is 0 Å². The fourth-order valence-corrected chi connectivity index (χ4v) is 4.06. The second-order valence-corrected chi connectivity index (χ2v) is 8.01. The molecule has 0 saturated carbocycles. The molecule has 3 aromatic rings. The fraction of sp³-hybridized carbons (Fsp3) is 0.261. The molecule has 0 aliphatic carbocycles. The summed E-state index contributed by atoms with van der Waals surface area (Å²) in [6.45, 7) is 4.23. The first kappa shape index (κ1) is 20.3. The minimum Gasteiger partial charge on any atom is -0.340 e. The van der Waals surface area contributed by atoms with Crippen LogP contribution >= 0.6 is 11.3 Å². The van der Waals surface area contributed by atoms with E-state index in [1.807, 2.05) is 46.7 Å². The Morgan fingerprint density at radius 2 is 1.87 bits per heavy atom. The SMILES string of the molecule is O=C(Cc1csc(Nc2ccccn2)n1)N1CCN(C/C=C/c2ccccc2)CC1. The summed E-state index contributed by atoms with van der Waals surface area (Å²) in [6.07, 6.45) is 6.42. The number of hydrogen-bond acceptors (Lipinski definition) is 6. The van der Waals surface area contributed by atoms with Gasteiger partial charge >= 0.3 is 0 Å². The van der Waals surface area contributed by atoms with Crippen molar-refractivity contribution in [2.24, 2.45) is 0 Å². The Morgan fingerprint density at radius 1 is 1.07 bits per heavy atom. The van der Waals surface area contributed by atoms with Gasteiger partial charge in [0, 0.05) is 44.3 Å². The van der Waals surface area contributed by atoms with Gasteiger partial charge in [-0.25, -0.2) is 9.97 Å². The van der Waals surface area contributed by atoms with Gasteiger partial charge in [-0.1, -0.05) is 48.6 Å². The molecule has 0 atom stereocenters. The van der Waals surface area contributed by atoms with Crippen molar-refractivity contribution >= 4 is 34.3 Å². The number of aromatic nitrogens is 2. The van der Waals surface area contributed by atoms with Crippen molar-refractivity contribution in [3.8, 4) is 0 Å². The van der Waals surface area contributed by atoms with Crippen LogP contribution in [0, 0.1) is 0 Å². The summed E-state index contributed by atoms with van der Waals surface area (Å²) in [5.41, 5.74) is 2.02. The van der Waals surface area contributed by atoms with Gasteiger partial charge < -0.3 is 10.2 Å². The molecule has 6 nitrogen and oxygen atoms in total. The monoisotopic (exact) mass is 419 g/mol. The largest absolute Gasteiger partial charge is 0.340 e. The molecule has 2 aromatic heterocycles. The Kier molecular flexibility index (Phi) is 6.84. The van der Waals surface area contributed by atoms with E-state index in [-0.39, 0.29) is 5.91 Å². The molecule has 1 aliphatic rings. The number of amides is 1. The van der Waals surface area contributed by atoms with Gasteiger partial charge in [0.25, 0.3) is 0 Å². The molecule has 1 fully saturated rings. The molecular formula is C23H25N5OS. The summed E-state index contributed by atoms with van der Waals surface area (Å²) in [6, 6.07) is 16.0. The maximum Gasteiger partial charge on any atom is 0.228 e. The number of hydrogen-bond donors (Lipinski definition) is 1. The third kappa shape index (κ3) is 5.75. The van der Waals surface area contributed by atoms with Crippen molar-refractivity contribution < 1.29 is 4.79 Å². The molecule has 1 amide bonds. The van der Waals surface area contributed by atoms with E-state index in [0.717, 1.165) is 49.4 Å². The van der Waals surface area contributed by atoms with Gasteiger partial charge in [-0.2, -0.15) is 0 Å². The quantitative estimate of drug-likeness (QED) is 0.633. The molecule has 1 N–H and O–H groups in total. The van der Waals surface area contributed by atoms with Crippen molar-refractivity contribution in [1.29, 1.82) is 0 Å². The Balaban J connectivity index is 1.21. The normalized spacial score (nSPS) is 14.9. The van der Waals surface area contributed by atoms with Crippen molar-refractivity contribution in [1.82, 2.24) is 19.8 Å². The Hall–Kier alpha value is -3.03. The molecule has 4 rings (SSSR count). The predicted octanol–water partition coefficient (Wildman–Crippen LogP) is 3.68. The van der Waals surface area contributed by atoms with Gasteiger partial charge in [0.1, 0.15) is 5.82 Å². The number of benzene rings is 1. The fourth-order valence-electron chi connectivity index (χ4n) is 3.34. The molecule has 7 heteroatoms. The van der Waals surface area contributed by atoms with Gasteiger partial charge in [-0.15, -0.1) is 11.3 Å². The van der Waals surface area contributed by atoms with Crippen molar-refractivity contribution in [3.05, 3.63) is 77.4 Å². The van der Waals surface area contributed by atoms with Crippen LogP contribution in [-0.2, 0) is 11.2 Å². The molecule has 0 radical (unpaired) electrons. The first-order valence-electron chi connectivity index (χ1n) is 10.1. The van der Waals surface area contributed by atoms with Crippen LogP contribution in [0.25, 0.3) is 6.08 Å². The number of nitrogens with one attached hydrogen (secondary N) is 1. The number of thiazole rings is 1. The molecule has 0 spiro atoms. The second kappa shape index (κ2) is 10.1. The molecular weight excluding hydrogens is 394 g/mol. The molecule has 30 heavy (non-hydrogen) atoms. The highest BCUT2D eigenvalue weighted by molar-refractivity contribution is 7.13. The molecule has 0 bridgehead atoms. The van der Waals surface area contributed by atoms with Gasteiger partial charge in [-0.05, 0) is 17.7 Å². The number of nitrogens with zero attached hydrogens (tertiary/aromatic N) is 4. The molecule has 154 valence electrons. The number of anilines is 2. The van der Waals surface area contributed by atoms with E-state index in [1.54, 1.807) is 6.20 Å². The lowest BCUT2D eigenvalue weighted by Gasteiger charge is -2.34. The average Bonchev–Trinajstić information content (AvgIpc) is 3.22. The van der Waals surface area contributed by atoms with Crippen LogP contribution in [0.15, 0.2) is 66.2 Å². The first-order valence-corrected chi connectivity index (χ1v) is 11.0. The van der Waals surface area contributed by atoms with Crippen LogP contribution in [0.2, 0.25) is 0 Å². The summed E-state index contributed by atoms with van der Waals surface area (Å²) >= 11 is 1.49. The Bertz CT molecular complexity index is 966. The van der Waals surface area contributed by atoms with E-state index in [2.05, 4.69) is 44.5 Å². The van der Waals surface area contributed by atoms with E-state index in [1.165, 1.54) is 16.9 Å². The summed E-state index contributed by atoms with van der Waals surface area (Å²) in [4.78, 5) is 25.7. The highest BCUT2D eigenvalue weighted by Gasteiger charge is 2.21. The van der Waals surface area contributed by atoms with Crippen LogP contribution in [0.1, 0.15) is 11.3 Å². The Morgan fingerprint density at radius 3 is 2.63 bits per heavy atom.